The van der Waals surface area contributed by atoms with Crippen molar-refractivity contribution in [3.05, 3.63) is 44.8 Å². The van der Waals surface area contributed by atoms with Crippen LogP contribution in [-0.2, 0) is 16.6 Å². The first-order valence-electron chi connectivity index (χ1n) is 9.36. The van der Waals surface area contributed by atoms with Gasteiger partial charge in [0.25, 0.3) is 5.91 Å². The number of amides is 1. The number of aromatic nitrogens is 1. The molecular formula is C19H26BrN3O3S2. The lowest BCUT2D eigenvalue weighted by molar-refractivity contribution is 0.0948. The number of nitrogens with one attached hydrogen (secondary N) is 1. The van der Waals surface area contributed by atoms with Gasteiger partial charge in [0, 0.05) is 22.9 Å². The van der Waals surface area contributed by atoms with E-state index in [1.807, 2.05) is 6.92 Å². The molecule has 0 saturated heterocycles. The fourth-order valence-electron chi connectivity index (χ4n) is 2.48. The molecule has 1 heterocycles. The Labute approximate surface area is 179 Å². The molecule has 1 aromatic carbocycles. The summed E-state index contributed by atoms with van der Waals surface area (Å²) < 4.78 is 28.4. The van der Waals surface area contributed by atoms with E-state index in [0.29, 0.717) is 23.8 Å². The molecule has 0 aliphatic carbocycles. The summed E-state index contributed by atoms with van der Waals surface area (Å²) in [6.45, 7) is 5.26. The highest BCUT2D eigenvalue weighted by Crippen LogP contribution is 2.22. The van der Waals surface area contributed by atoms with E-state index in [0.717, 1.165) is 30.2 Å². The number of sulfonamides is 1. The Morgan fingerprint density at radius 3 is 2.50 bits per heavy atom. The molecule has 28 heavy (non-hydrogen) atoms. The first-order chi connectivity index (χ1) is 13.4. The molecule has 0 atom stereocenters. The molecule has 1 aromatic heterocycles. The normalized spacial score (nSPS) is 11.7. The second kappa shape index (κ2) is 11.0. The molecule has 0 saturated carbocycles. The predicted molar refractivity (Wildman–Crippen MR) is 116 cm³/mol. The molecule has 0 radical (unpaired) electrons. The quantitative estimate of drug-likeness (QED) is 0.475. The summed E-state index contributed by atoms with van der Waals surface area (Å²) in [4.78, 5) is 16.7. The van der Waals surface area contributed by atoms with E-state index in [1.165, 1.54) is 15.6 Å². The molecule has 0 bridgehead atoms. The van der Waals surface area contributed by atoms with E-state index in [9.17, 15) is 13.2 Å². The Hall–Kier alpha value is -1.29. The third kappa shape index (κ3) is 6.37. The number of thiazole rings is 1. The SMILES string of the molecule is CCCCNC(=O)c1csc(CN(CCCC)S(=O)(=O)c2ccc(Br)cc2)n1. The lowest BCUT2D eigenvalue weighted by atomic mass is 10.3. The molecule has 0 fully saturated rings. The van der Waals surface area contributed by atoms with Crippen LogP contribution in [0.5, 0.6) is 0 Å². The van der Waals surface area contributed by atoms with Crippen molar-refractivity contribution < 1.29 is 13.2 Å². The molecule has 2 rings (SSSR count). The van der Waals surface area contributed by atoms with Crippen molar-refractivity contribution in [1.29, 1.82) is 0 Å². The summed E-state index contributed by atoms with van der Waals surface area (Å²) in [7, 11) is -3.64. The number of carbonyl (C=O) groups is 1. The molecule has 0 aliphatic heterocycles. The topological polar surface area (TPSA) is 79.4 Å². The van der Waals surface area contributed by atoms with Crippen LogP contribution in [0, 0.1) is 0 Å². The first-order valence-corrected chi connectivity index (χ1v) is 12.5. The number of benzene rings is 1. The average molecular weight is 488 g/mol. The molecule has 9 heteroatoms. The lowest BCUT2D eigenvalue weighted by Gasteiger charge is -2.21. The van der Waals surface area contributed by atoms with Crippen molar-refractivity contribution in [3.63, 3.8) is 0 Å². The van der Waals surface area contributed by atoms with Gasteiger partial charge in [-0.15, -0.1) is 11.3 Å². The first kappa shape index (κ1) is 23.0. The minimum absolute atomic E-state index is 0.158. The van der Waals surface area contributed by atoms with Gasteiger partial charge in [-0.2, -0.15) is 4.31 Å². The third-order valence-corrected chi connectivity index (χ3v) is 7.35. The van der Waals surface area contributed by atoms with Gasteiger partial charge in [0.15, 0.2) is 0 Å². The summed E-state index contributed by atoms with van der Waals surface area (Å²) in [5.74, 6) is -0.216. The monoisotopic (exact) mass is 487 g/mol. The van der Waals surface area contributed by atoms with Crippen molar-refractivity contribution in [3.8, 4) is 0 Å². The summed E-state index contributed by atoms with van der Waals surface area (Å²) in [6, 6.07) is 6.61. The summed E-state index contributed by atoms with van der Waals surface area (Å²) in [5, 5.41) is 5.12. The summed E-state index contributed by atoms with van der Waals surface area (Å²) in [5.41, 5.74) is 0.340. The van der Waals surface area contributed by atoms with Crippen molar-refractivity contribution in [2.45, 2.75) is 51.0 Å². The largest absolute Gasteiger partial charge is 0.351 e. The zero-order chi connectivity index (χ0) is 20.6. The molecule has 154 valence electrons. The molecule has 6 nitrogen and oxygen atoms in total. The molecule has 1 N–H and O–H groups in total. The highest BCUT2D eigenvalue weighted by atomic mass is 79.9. The number of rotatable bonds is 11. The molecule has 0 spiro atoms. The maximum absolute atomic E-state index is 13.1. The van der Waals surface area contributed by atoms with Gasteiger partial charge in [-0.05, 0) is 37.1 Å². The molecule has 2 aromatic rings. The molecular weight excluding hydrogens is 462 g/mol. The van der Waals surface area contributed by atoms with Gasteiger partial charge in [0.2, 0.25) is 10.0 Å². The Kier molecular flexibility index (Phi) is 9.07. The lowest BCUT2D eigenvalue weighted by Crippen LogP contribution is -2.31. The van der Waals surface area contributed by atoms with Gasteiger partial charge >= 0.3 is 0 Å². The number of nitrogens with zero attached hydrogens (tertiary/aromatic N) is 2. The van der Waals surface area contributed by atoms with Crippen LogP contribution in [0.15, 0.2) is 39.0 Å². The fraction of sp³-hybridized carbons (Fsp3) is 0.474. The van der Waals surface area contributed by atoms with Crippen molar-refractivity contribution in [2.75, 3.05) is 13.1 Å². The van der Waals surface area contributed by atoms with Crippen molar-refractivity contribution in [1.82, 2.24) is 14.6 Å². The third-order valence-electron chi connectivity index (χ3n) is 4.12. The van der Waals surface area contributed by atoms with Gasteiger partial charge < -0.3 is 5.32 Å². The average Bonchev–Trinajstić information content (AvgIpc) is 3.14. The van der Waals surface area contributed by atoms with E-state index in [1.54, 1.807) is 29.6 Å². The van der Waals surface area contributed by atoms with Crippen LogP contribution in [0.2, 0.25) is 0 Å². The van der Waals surface area contributed by atoms with Crippen LogP contribution in [0.1, 0.15) is 55.0 Å². The van der Waals surface area contributed by atoms with Gasteiger partial charge in [-0.3, -0.25) is 4.79 Å². The number of unbranched alkanes of at least 4 members (excludes halogenated alkanes) is 2. The number of hydrogen-bond donors (Lipinski definition) is 1. The van der Waals surface area contributed by atoms with E-state index >= 15 is 0 Å². The zero-order valence-electron chi connectivity index (χ0n) is 16.2. The Morgan fingerprint density at radius 2 is 1.86 bits per heavy atom. The van der Waals surface area contributed by atoms with Crippen LogP contribution in [-0.4, -0.2) is 36.7 Å². The minimum Gasteiger partial charge on any atom is -0.351 e. The van der Waals surface area contributed by atoms with Gasteiger partial charge in [0.05, 0.1) is 11.4 Å². The molecule has 0 aliphatic rings. The van der Waals surface area contributed by atoms with Gasteiger partial charge in [-0.25, -0.2) is 13.4 Å². The Balaban J connectivity index is 2.16. The van der Waals surface area contributed by atoms with Crippen LogP contribution in [0.4, 0.5) is 0 Å². The Bertz CT molecular complexity index is 867. The maximum Gasteiger partial charge on any atom is 0.270 e. The second-order valence-electron chi connectivity index (χ2n) is 6.38. The fourth-order valence-corrected chi connectivity index (χ4v) is 5.06. The van der Waals surface area contributed by atoms with Crippen molar-refractivity contribution in [2.24, 2.45) is 0 Å². The van der Waals surface area contributed by atoms with Crippen LogP contribution in [0.25, 0.3) is 0 Å². The summed E-state index contributed by atoms with van der Waals surface area (Å²) >= 11 is 4.64. The Morgan fingerprint density at radius 1 is 1.18 bits per heavy atom. The molecule has 1 amide bonds. The predicted octanol–water partition coefficient (Wildman–Crippen LogP) is 4.43. The smallest absolute Gasteiger partial charge is 0.270 e. The van der Waals surface area contributed by atoms with Gasteiger partial charge in [0.1, 0.15) is 10.7 Å². The van der Waals surface area contributed by atoms with E-state index < -0.39 is 10.0 Å². The van der Waals surface area contributed by atoms with Crippen LogP contribution < -0.4 is 5.32 Å². The van der Waals surface area contributed by atoms with Crippen LogP contribution >= 0.6 is 27.3 Å². The highest BCUT2D eigenvalue weighted by molar-refractivity contribution is 9.10. The number of carbonyl (C=O) groups excluding carboxylic acids is 1. The maximum atomic E-state index is 13.1. The molecule has 0 unspecified atom stereocenters. The van der Waals surface area contributed by atoms with Crippen LogP contribution in [0.3, 0.4) is 0 Å². The number of halogens is 1. The highest BCUT2D eigenvalue weighted by Gasteiger charge is 2.25. The van der Waals surface area contributed by atoms with Gasteiger partial charge in [-0.1, -0.05) is 42.6 Å². The number of hydrogen-bond acceptors (Lipinski definition) is 5. The van der Waals surface area contributed by atoms with Crippen molar-refractivity contribution >= 4 is 43.2 Å². The zero-order valence-corrected chi connectivity index (χ0v) is 19.4. The van der Waals surface area contributed by atoms with E-state index in [4.69, 9.17) is 0 Å². The van der Waals surface area contributed by atoms with E-state index in [-0.39, 0.29) is 17.3 Å². The minimum atomic E-state index is -3.64. The van der Waals surface area contributed by atoms with E-state index in [2.05, 4.69) is 33.2 Å². The second-order valence-corrected chi connectivity index (χ2v) is 10.2. The summed E-state index contributed by atoms with van der Waals surface area (Å²) in [6.07, 6.45) is 3.56. The standard InChI is InChI=1S/C19H26BrN3O3S2/c1-3-5-11-21-19(24)17-14-27-18(22-17)13-23(12-6-4-2)28(25,26)16-9-7-15(20)8-10-16/h7-10,14H,3-6,11-13H2,1-2H3,(H,21,24).